The Bertz CT molecular complexity index is 365. The van der Waals surface area contributed by atoms with Gasteiger partial charge < -0.3 is 14.7 Å². The highest BCUT2D eigenvalue weighted by Gasteiger charge is 2.18. The van der Waals surface area contributed by atoms with E-state index in [9.17, 15) is 0 Å². The van der Waals surface area contributed by atoms with E-state index < -0.39 is 0 Å². The van der Waals surface area contributed by atoms with Gasteiger partial charge in [0.05, 0.1) is 19.8 Å². The molecule has 1 aliphatic heterocycles. The molecule has 0 saturated carbocycles. The van der Waals surface area contributed by atoms with E-state index in [1.165, 1.54) is 29.7 Å². The van der Waals surface area contributed by atoms with Gasteiger partial charge >= 0.3 is 0 Å². The second-order valence-corrected chi connectivity index (χ2v) is 4.71. The summed E-state index contributed by atoms with van der Waals surface area (Å²) in [5.41, 5.74) is 4.34. The zero-order chi connectivity index (χ0) is 12.8. The molecule has 0 atom stereocenters. The van der Waals surface area contributed by atoms with Crippen molar-refractivity contribution >= 4 is 5.69 Å². The number of nitrogens with zero attached hydrogens (tertiary/aromatic N) is 1. The minimum absolute atomic E-state index is 0.108. The van der Waals surface area contributed by atoms with Crippen LogP contribution >= 0.6 is 0 Å². The molecule has 0 aliphatic carbocycles. The van der Waals surface area contributed by atoms with Gasteiger partial charge in [-0.25, -0.2) is 0 Å². The molecule has 0 radical (unpaired) electrons. The molecule has 0 fully saturated rings. The molecule has 1 aliphatic rings. The smallest absolute Gasteiger partial charge is 0.0698 e. The van der Waals surface area contributed by atoms with Crippen LogP contribution in [-0.2, 0) is 17.6 Å². The monoisotopic (exact) mass is 249 g/mol. The Kier molecular flexibility index (Phi) is 5.02. The van der Waals surface area contributed by atoms with Crippen LogP contribution in [0.25, 0.3) is 0 Å². The SMILES string of the molecule is CCc1cccc2c1N(CCOCCO)CCC2. The van der Waals surface area contributed by atoms with Gasteiger partial charge in [0, 0.05) is 18.8 Å². The van der Waals surface area contributed by atoms with Gasteiger partial charge in [0.25, 0.3) is 0 Å². The number of benzene rings is 1. The fourth-order valence-corrected chi connectivity index (χ4v) is 2.67. The molecule has 2 rings (SSSR count). The summed E-state index contributed by atoms with van der Waals surface area (Å²) in [7, 11) is 0. The molecule has 1 aromatic carbocycles. The Morgan fingerprint density at radius 1 is 1.33 bits per heavy atom. The van der Waals surface area contributed by atoms with Crippen LogP contribution in [0.5, 0.6) is 0 Å². The van der Waals surface area contributed by atoms with Gasteiger partial charge in [0.15, 0.2) is 0 Å². The van der Waals surface area contributed by atoms with E-state index >= 15 is 0 Å². The number of para-hydroxylation sites is 1. The summed E-state index contributed by atoms with van der Waals surface area (Å²) in [6.07, 6.45) is 3.49. The van der Waals surface area contributed by atoms with E-state index in [-0.39, 0.29) is 6.61 Å². The maximum absolute atomic E-state index is 8.70. The maximum atomic E-state index is 8.70. The van der Waals surface area contributed by atoms with Gasteiger partial charge in [-0.3, -0.25) is 0 Å². The summed E-state index contributed by atoms with van der Waals surface area (Å²) in [5.74, 6) is 0. The molecule has 18 heavy (non-hydrogen) atoms. The average molecular weight is 249 g/mol. The molecule has 1 aromatic rings. The van der Waals surface area contributed by atoms with E-state index in [1.54, 1.807) is 0 Å². The van der Waals surface area contributed by atoms with Crippen LogP contribution in [0.4, 0.5) is 5.69 Å². The molecule has 0 spiro atoms. The number of fused-ring (bicyclic) bond motifs is 1. The number of ether oxygens (including phenoxy) is 1. The lowest BCUT2D eigenvalue weighted by atomic mass is 9.96. The lowest BCUT2D eigenvalue weighted by molar-refractivity contribution is 0.0965. The zero-order valence-electron chi connectivity index (χ0n) is 11.2. The van der Waals surface area contributed by atoms with Gasteiger partial charge in [-0.15, -0.1) is 0 Å². The van der Waals surface area contributed by atoms with Gasteiger partial charge in [0.2, 0.25) is 0 Å². The summed E-state index contributed by atoms with van der Waals surface area (Å²) in [6, 6.07) is 6.64. The first kappa shape index (κ1) is 13.4. The first-order chi connectivity index (χ1) is 8.86. The molecule has 0 amide bonds. The van der Waals surface area contributed by atoms with Crippen LogP contribution in [0.15, 0.2) is 18.2 Å². The largest absolute Gasteiger partial charge is 0.394 e. The van der Waals surface area contributed by atoms with Crippen molar-refractivity contribution < 1.29 is 9.84 Å². The molecule has 0 aromatic heterocycles. The van der Waals surface area contributed by atoms with Gasteiger partial charge in [0.1, 0.15) is 0 Å². The van der Waals surface area contributed by atoms with Crippen LogP contribution < -0.4 is 4.90 Å². The molecule has 1 N–H and O–H groups in total. The minimum atomic E-state index is 0.108. The molecular weight excluding hydrogens is 226 g/mol. The van der Waals surface area contributed by atoms with Crippen LogP contribution in [0.3, 0.4) is 0 Å². The van der Waals surface area contributed by atoms with Crippen molar-refractivity contribution in [2.24, 2.45) is 0 Å². The van der Waals surface area contributed by atoms with E-state index in [4.69, 9.17) is 9.84 Å². The highest BCUT2D eigenvalue weighted by molar-refractivity contribution is 5.61. The quantitative estimate of drug-likeness (QED) is 0.783. The van der Waals surface area contributed by atoms with E-state index in [2.05, 4.69) is 30.0 Å². The van der Waals surface area contributed by atoms with E-state index in [0.717, 1.165) is 19.5 Å². The van der Waals surface area contributed by atoms with E-state index in [1.807, 2.05) is 0 Å². The lowest BCUT2D eigenvalue weighted by Crippen LogP contribution is -2.33. The fraction of sp³-hybridized carbons (Fsp3) is 0.600. The van der Waals surface area contributed by atoms with Gasteiger partial charge in [-0.2, -0.15) is 0 Å². The van der Waals surface area contributed by atoms with Crippen molar-refractivity contribution in [3.05, 3.63) is 29.3 Å². The van der Waals surface area contributed by atoms with Crippen LogP contribution in [-0.4, -0.2) is 38.0 Å². The van der Waals surface area contributed by atoms with Crippen LogP contribution in [0, 0.1) is 0 Å². The molecule has 3 heteroatoms. The van der Waals surface area contributed by atoms with Crippen LogP contribution in [0.1, 0.15) is 24.5 Å². The normalized spacial score (nSPS) is 14.7. The molecule has 0 unspecified atom stereocenters. The van der Waals surface area contributed by atoms with Crippen molar-refractivity contribution in [3.63, 3.8) is 0 Å². The Labute approximate surface area is 109 Å². The summed E-state index contributed by atoms with van der Waals surface area (Å²) in [4.78, 5) is 2.44. The van der Waals surface area contributed by atoms with Crippen molar-refractivity contribution in [1.82, 2.24) is 0 Å². The Morgan fingerprint density at radius 3 is 3.00 bits per heavy atom. The summed E-state index contributed by atoms with van der Waals surface area (Å²) in [6.45, 7) is 5.49. The predicted molar refractivity (Wildman–Crippen MR) is 74.3 cm³/mol. The number of anilines is 1. The summed E-state index contributed by atoms with van der Waals surface area (Å²) in [5, 5.41) is 8.70. The number of rotatable bonds is 6. The van der Waals surface area contributed by atoms with Crippen molar-refractivity contribution in [3.8, 4) is 0 Å². The standard InChI is InChI=1S/C15H23NO2/c1-2-13-5-3-6-14-7-4-8-16(15(13)14)9-11-18-12-10-17/h3,5-6,17H,2,4,7-12H2,1H3. The fourth-order valence-electron chi connectivity index (χ4n) is 2.67. The van der Waals surface area contributed by atoms with Crippen molar-refractivity contribution in [1.29, 1.82) is 0 Å². The van der Waals surface area contributed by atoms with Crippen molar-refractivity contribution in [2.45, 2.75) is 26.2 Å². The van der Waals surface area contributed by atoms with E-state index in [0.29, 0.717) is 13.2 Å². The zero-order valence-corrected chi connectivity index (χ0v) is 11.2. The number of aryl methyl sites for hydroxylation is 2. The van der Waals surface area contributed by atoms with Crippen molar-refractivity contribution in [2.75, 3.05) is 37.8 Å². The Balaban J connectivity index is 2.06. The highest BCUT2D eigenvalue weighted by atomic mass is 16.5. The molecule has 100 valence electrons. The topological polar surface area (TPSA) is 32.7 Å². The third kappa shape index (κ3) is 3.03. The van der Waals surface area contributed by atoms with Gasteiger partial charge in [-0.05, 0) is 30.4 Å². The second kappa shape index (κ2) is 6.76. The number of aliphatic hydroxyl groups excluding tert-OH is 1. The molecule has 3 nitrogen and oxygen atoms in total. The number of hydrogen-bond acceptors (Lipinski definition) is 3. The Hall–Kier alpha value is -1.06. The maximum Gasteiger partial charge on any atom is 0.0698 e. The first-order valence-corrected chi connectivity index (χ1v) is 6.91. The summed E-state index contributed by atoms with van der Waals surface area (Å²) < 4.78 is 5.38. The second-order valence-electron chi connectivity index (χ2n) is 4.71. The molecule has 0 saturated heterocycles. The van der Waals surface area contributed by atoms with Crippen LogP contribution in [0.2, 0.25) is 0 Å². The first-order valence-electron chi connectivity index (χ1n) is 6.91. The lowest BCUT2D eigenvalue weighted by Gasteiger charge is -2.33. The third-order valence-corrected chi connectivity index (χ3v) is 3.52. The minimum Gasteiger partial charge on any atom is -0.394 e. The number of hydrogen-bond donors (Lipinski definition) is 1. The molecule has 0 bridgehead atoms. The average Bonchev–Trinajstić information content (AvgIpc) is 2.43. The highest BCUT2D eigenvalue weighted by Crippen LogP contribution is 2.30. The summed E-state index contributed by atoms with van der Waals surface area (Å²) >= 11 is 0. The predicted octanol–water partition coefficient (Wildman–Crippen LogP) is 2.01. The Morgan fingerprint density at radius 2 is 2.22 bits per heavy atom. The van der Waals surface area contributed by atoms with Gasteiger partial charge in [-0.1, -0.05) is 25.1 Å². The third-order valence-electron chi connectivity index (χ3n) is 3.52. The molecular formula is C15H23NO2. The molecule has 1 heterocycles. The number of aliphatic hydroxyl groups is 1.